The molecule has 24 heavy (non-hydrogen) atoms. The molecule has 2 N–H and O–H groups in total. The molecule has 3 nitrogen and oxygen atoms in total. The van der Waals surface area contributed by atoms with Gasteiger partial charge >= 0.3 is 0 Å². The average Bonchev–Trinajstić information content (AvgIpc) is 3.09. The lowest BCUT2D eigenvalue weighted by atomic mass is 9.91. The number of nitrogens with zero attached hydrogens (tertiary/aromatic N) is 1. The topological polar surface area (TPSA) is 47.3 Å². The summed E-state index contributed by atoms with van der Waals surface area (Å²) in [5.41, 5.74) is 2.87. The molecular formula is C21H26N2O. The van der Waals surface area contributed by atoms with E-state index in [0.717, 1.165) is 30.8 Å². The van der Waals surface area contributed by atoms with Crippen LogP contribution >= 0.6 is 0 Å². The average molecular weight is 322 g/mol. The van der Waals surface area contributed by atoms with Crippen LogP contribution in [0.25, 0.3) is 6.08 Å². The SMILES string of the molecule is N=C1C=CC(CC(O)CN2CCCC2)=CC1C=Cc1ccccc1. The van der Waals surface area contributed by atoms with E-state index in [2.05, 4.69) is 35.3 Å². The minimum Gasteiger partial charge on any atom is -0.391 e. The molecule has 1 aromatic rings. The van der Waals surface area contributed by atoms with E-state index < -0.39 is 0 Å². The zero-order chi connectivity index (χ0) is 16.8. The van der Waals surface area contributed by atoms with Gasteiger partial charge in [0, 0.05) is 18.2 Å². The van der Waals surface area contributed by atoms with Crippen LogP contribution in [0.4, 0.5) is 0 Å². The van der Waals surface area contributed by atoms with Gasteiger partial charge in [0.15, 0.2) is 0 Å². The van der Waals surface area contributed by atoms with Gasteiger partial charge in [-0.05, 0) is 49.6 Å². The van der Waals surface area contributed by atoms with Gasteiger partial charge in [0.25, 0.3) is 0 Å². The van der Waals surface area contributed by atoms with Gasteiger partial charge in [-0.1, -0.05) is 54.6 Å². The molecular weight excluding hydrogens is 296 g/mol. The Kier molecular flexibility index (Phi) is 5.78. The van der Waals surface area contributed by atoms with Gasteiger partial charge < -0.3 is 15.4 Å². The molecule has 126 valence electrons. The van der Waals surface area contributed by atoms with Crippen LogP contribution in [0.5, 0.6) is 0 Å². The molecule has 3 rings (SSSR count). The Morgan fingerprint density at radius 3 is 2.67 bits per heavy atom. The normalized spacial score (nSPS) is 23.0. The molecule has 1 aliphatic heterocycles. The highest BCUT2D eigenvalue weighted by atomic mass is 16.3. The molecule has 1 fully saturated rings. The first-order valence-electron chi connectivity index (χ1n) is 8.81. The fourth-order valence-corrected chi connectivity index (χ4v) is 3.36. The number of aliphatic hydroxyl groups is 1. The van der Waals surface area contributed by atoms with Crippen molar-refractivity contribution < 1.29 is 5.11 Å². The lowest BCUT2D eigenvalue weighted by Gasteiger charge is -2.21. The Hall–Kier alpha value is -1.97. The highest BCUT2D eigenvalue weighted by Crippen LogP contribution is 2.21. The molecule has 0 aromatic heterocycles. The summed E-state index contributed by atoms with van der Waals surface area (Å²) >= 11 is 0. The standard InChI is InChI=1S/C21H26N2O/c22-21-11-9-18(15-20(24)16-23-12-4-5-13-23)14-19(21)10-8-17-6-2-1-3-7-17/h1-3,6-11,14,19-20,22,24H,4-5,12-13,15-16H2. The van der Waals surface area contributed by atoms with E-state index in [1.54, 1.807) is 0 Å². The van der Waals surface area contributed by atoms with Gasteiger partial charge in [-0.15, -0.1) is 0 Å². The minimum atomic E-state index is -0.329. The Labute approximate surface area is 144 Å². The molecule has 0 bridgehead atoms. The third-order valence-electron chi connectivity index (χ3n) is 4.66. The van der Waals surface area contributed by atoms with E-state index in [4.69, 9.17) is 5.41 Å². The van der Waals surface area contributed by atoms with Crippen LogP contribution in [0.15, 0.2) is 60.2 Å². The van der Waals surface area contributed by atoms with E-state index in [0.29, 0.717) is 12.1 Å². The van der Waals surface area contributed by atoms with E-state index in [9.17, 15) is 5.11 Å². The maximum Gasteiger partial charge on any atom is 0.0707 e. The highest BCUT2D eigenvalue weighted by molar-refractivity contribution is 5.98. The van der Waals surface area contributed by atoms with E-state index in [-0.39, 0.29) is 12.0 Å². The molecule has 2 aliphatic rings. The molecule has 0 spiro atoms. The number of aliphatic hydroxyl groups excluding tert-OH is 1. The van der Waals surface area contributed by atoms with Gasteiger partial charge in [-0.3, -0.25) is 0 Å². The summed E-state index contributed by atoms with van der Waals surface area (Å²) in [4.78, 5) is 2.34. The Balaban J connectivity index is 1.60. The van der Waals surface area contributed by atoms with Crippen molar-refractivity contribution in [3.05, 3.63) is 65.8 Å². The molecule has 0 saturated carbocycles. The van der Waals surface area contributed by atoms with Crippen molar-refractivity contribution >= 4 is 11.8 Å². The molecule has 0 radical (unpaired) electrons. The minimum absolute atomic E-state index is 0.0100. The monoisotopic (exact) mass is 322 g/mol. The van der Waals surface area contributed by atoms with Crippen LogP contribution in [0.2, 0.25) is 0 Å². The summed E-state index contributed by atoms with van der Waals surface area (Å²) in [6.07, 6.45) is 12.9. The van der Waals surface area contributed by atoms with Crippen LogP contribution in [-0.2, 0) is 0 Å². The molecule has 3 heteroatoms. The number of likely N-dealkylation sites (tertiary alicyclic amines) is 1. The second-order valence-corrected chi connectivity index (χ2v) is 6.69. The largest absolute Gasteiger partial charge is 0.391 e. The number of rotatable bonds is 6. The first-order valence-corrected chi connectivity index (χ1v) is 8.81. The van der Waals surface area contributed by atoms with Crippen LogP contribution in [0, 0.1) is 11.3 Å². The summed E-state index contributed by atoms with van der Waals surface area (Å²) < 4.78 is 0. The van der Waals surface area contributed by atoms with Crippen LogP contribution in [0.1, 0.15) is 24.8 Å². The summed E-state index contributed by atoms with van der Waals surface area (Å²) in [5.74, 6) is -0.0100. The van der Waals surface area contributed by atoms with Crippen LogP contribution < -0.4 is 0 Å². The van der Waals surface area contributed by atoms with Gasteiger partial charge in [-0.25, -0.2) is 0 Å². The molecule has 2 atom stereocenters. The van der Waals surface area contributed by atoms with Crippen molar-refractivity contribution in [2.75, 3.05) is 19.6 Å². The third-order valence-corrected chi connectivity index (χ3v) is 4.66. The van der Waals surface area contributed by atoms with Crippen LogP contribution in [0.3, 0.4) is 0 Å². The molecule has 1 heterocycles. The molecule has 2 unspecified atom stereocenters. The predicted octanol–water partition coefficient (Wildman–Crippen LogP) is 3.68. The molecule has 1 aliphatic carbocycles. The summed E-state index contributed by atoms with van der Waals surface area (Å²) in [6.45, 7) is 2.98. The van der Waals surface area contributed by atoms with Crippen molar-refractivity contribution in [2.24, 2.45) is 5.92 Å². The zero-order valence-electron chi connectivity index (χ0n) is 14.1. The fourth-order valence-electron chi connectivity index (χ4n) is 3.36. The van der Waals surface area contributed by atoms with Crippen molar-refractivity contribution in [1.82, 2.24) is 4.90 Å². The number of benzene rings is 1. The zero-order valence-corrected chi connectivity index (χ0v) is 14.1. The van der Waals surface area contributed by atoms with Crippen LogP contribution in [-0.4, -0.2) is 41.5 Å². The second-order valence-electron chi connectivity index (χ2n) is 6.69. The molecule has 1 saturated heterocycles. The quantitative estimate of drug-likeness (QED) is 0.839. The number of hydrogen-bond donors (Lipinski definition) is 2. The van der Waals surface area contributed by atoms with E-state index >= 15 is 0 Å². The van der Waals surface area contributed by atoms with E-state index in [1.165, 1.54) is 12.8 Å². The molecule has 1 aromatic carbocycles. The smallest absolute Gasteiger partial charge is 0.0707 e. The number of allylic oxidation sites excluding steroid dienone is 4. The highest BCUT2D eigenvalue weighted by Gasteiger charge is 2.18. The maximum absolute atomic E-state index is 10.3. The third kappa shape index (κ3) is 4.76. The van der Waals surface area contributed by atoms with Gasteiger partial charge in [0.1, 0.15) is 0 Å². The fraction of sp³-hybridized carbons (Fsp3) is 0.381. The lowest BCUT2D eigenvalue weighted by molar-refractivity contribution is 0.126. The Bertz CT molecular complexity index is 639. The van der Waals surface area contributed by atoms with Gasteiger partial charge in [-0.2, -0.15) is 0 Å². The van der Waals surface area contributed by atoms with Gasteiger partial charge in [0.2, 0.25) is 0 Å². The summed E-state index contributed by atoms with van der Waals surface area (Å²) in [7, 11) is 0. The van der Waals surface area contributed by atoms with Gasteiger partial charge in [0.05, 0.1) is 6.10 Å². The predicted molar refractivity (Wildman–Crippen MR) is 100 cm³/mol. The van der Waals surface area contributed by atoms with Crippen molar-refractivity contribution in [2.45, 2.75) is 25.4 Å². The lowest BCUT2D eigenvalue weighted by Crippen LogP contribution is -2.30. The van der Waals surface area contributed by atoms with E-state index in [1.807, 2.05) is 30.4 Å². The summed E-state index contributed by atoms with van der Waals surface area (Å²) in [5, 5.41) is 18.4. The first kappa shape index (κ1) is 16.9. The number of hydrogen-bond acceptors (Lipinski definition) is 3. The Morgan fingerprint density at radius 2 is 1.92 bits per heavy atom. The Morgan fingerprint density at radius 1 is 1.17 bits per heavy atom. The van der Waals surface area contributed by atoms with Crippen molar-refractivity contribution in [3.8, 4) is 0 Å². The summed E-state index contributed by atoms with van der Waals surface area (Å²) in [6, 6.07) is 10.2. The van der Waals surface area contributed by atoms with Crippen molar-refractivity contribution in [1.29, 1.82) is 5.41 Å². The van der Waals surface area contributed by atoms with Crippen molar-refractivity contribution in [3.63, 3.8) is 0 Å². The molecule has 0 amide bonds. The first-order chi connectivity index (χ1) is 11.7. The maximum atomic E-state index is 10.3. The second kappa shape index (κ2) is 8.22. The number of nitrogens with one attached hydrogen (secondary N) is 1. The number of β-amino-alcohol motifs (C(OH)–C–C–N with tert-alkyl or cyclic N) is 1.